The summed E-state index contributed by atoms with van der Waals surface area (Å²) in [7, 11) is 0. The normalized spacial score (nSPS) is 21.3. The number of nitrogens with one attached hydrogen (secondary N) is 2. The van der Waals surface area contributed by atoms with Crippen LogP contribution in [0, 0.1) is 5.92 Å². The van der Waals surface area contributed by atoms with E-state index in [9.17, 15) is 9.59 Å². The molecule has 1 aromatic rings. The minimum absolute atomic E-state index is 0.0371. The summed E-state index contributed by atoms with van der Waals surface area (Å²) in [6, 6.07) is 4.26. The molecule has 0 heterocycles. The van der Waals surface area contributed by atoms with E-state index in [1.54, 1.807) is 12.1 Å². The average molecular weight is 417 g/mol. The predicted octanol–water partition coefficient (Wildman–Crippen LogP) is 4.54. The van der Waals surface area contributed by atoms with Gasteiger partial charge in [0.25, 0.3) is 5.91 Å². The van der Waals surface area contributed by atoms with Gasteiger partial charge in [0.1, 0.15) is 6.04 Å². The second-order valence-corrected chi connectivity index (χ2v) is 9.03. The molecular weight excluding hydrogens is 391 g/mol. The Morgan fingerprint density at radius 2 is 1.96 bits per heavy atom. The number of hydrogen-bond donors (Lipinski definition) is 2. The van der Waals surface area contributed by atoms with E-state index in [1.807, 2.05) is 25.6 Å². The van der Waals surface area contributed by atoms with Crippen molar-refractivity contribution in [1.82, 2.24) is 10.6 Å². The molecule has 4 nitrogen and oxygen atoms in total. The Morgan fingerprint density at radius 1 is 1.23 bits per heavy atom. The van der Waals surface area contributed by atoms with Crippen molar-refractivity contribution < 1.29 is 9.59 Å². The lowest BCUT2D eigenvalue weighted by atomic mass is 9.94. The number of benzene rings is 1. The van der Waals surface area contributed by atoms with Gasteiger partial charge in [0.2, 0.25) is 5.91 Å². The Kier molecular flexibility index (Phi) is 8.11. The molecule has 0 bridgehead atoms. The van der Waals surface area contributed by atoms with Gasteiger partial charge in [-0.15, -0.1) is 0 Å². The summed E-state index contributed by atoms with van der Waals surface area (Å²) < 4.78 is 0. The fraction of sp³-hybridized carbons (Fsp3) is 0.579. The highest BCUT2D eigenvalue weighted by atomic mass is 35.5. The van der Waals surface area contributed by atoms with E-state index < -0.39 is 6.04 Å². The van der Waals surface area contributed by atoms with Crippen LogP contribution in [0.5, 0.6) is 0 Å². The quantitative estimate of drug-likeness (QED) is 0.715. The van der Waals surface area contributed by atoms with E-state index in [0.29, 0.717) is 15.8 Å². The zero-order chi connectivity index (χ0) is 19.3. The highest BCUT2D eigenvalue weighted by Crippen LogP contribution is 2.27. The number of hydrogen-bond acceptors (Lipinski definition) is 3. The van der Waals surface area contributed by atoms with Crippen LogP contribution in [0.4, 0.5) is 0 Å². The van der Waals surface area contributed by atoms with E-state index in [2.05, 4.69) is 16.9 Å². The van der Waals surface area contributed by atoms with Gasteiger partial charge < -0.3 is 10.6 Å². The van der Waals surface area contributed by atoms with Crippen LogP contribution in [-0.4, -0.2) is 35.4 Å². The molecule has 1 aliphatic rings. The first kappa shape index (κ1) is 21.4. The Balaban J connectivity index is 2.03. The minimum atomic E-state index is -0.607. The van der Waals surface area contributed by atoms with E-state index in [-0.39, 0.29) is 28.8 Å². The highest BCUT2D eigenvalue weighted by Gasteiger charge is 2.29. The largest absolute Gasteiger partial charge is 0.352 e. The van der Waals surface area contributed by atoms with Crippen LogP contribution in [0.15, 0.2) is 18.2 Å². The maximum Gasteiger partial charge on any atom is 0.253 e. The lowest BCUT2D eigenvalue weighted by molar-refractivity contribution is -0.124. The fourth-order valence-electron chi connectivity index (χ4n) is 3.21. The molecule has 7 heteroatoms. The Bertz CT molecular complexity index is 654. The summed E-state index contributed by atoms with van der Waals surface area (Å²) in [5.74, 6) is -0.540. The van der Waals surface area contributed by atoms with Crippen LogP contribution >= 0.6 is 35.0 Å². The SMILES string of the molecule is CSC1CCCC(NC(=O)C(NC(=O)c2ccc(Cl)cc2Cl)C(C)C)C1. The van der Waals surface area contributed by atoms with Crippen molar-refractivity contribution in [3.8, 4) is 0 Å². The monoisotopic (exact) mass is 416 g/mol. The van der Waals surface area contributed by atoms with Crippen LogP contribution in [0.25, 0.3) is 0 Å². The molecule has 0 aliphatic heterocycles. The van der Waals surface area contributed by atoms with Crippen molar-refractivity contribution in [2.24, 2.45) is 5.92 Å². The molecular formula is C19H26Cl2N2O2S. The summed E-state index contributed by atoms with van der Waals surface area (Å²) in [5, 5.41) is 7.27. The summed E-state index contributed by atoms with van der Waals surface area (Å²) in [5.41, 5.74) is 0.314. The number of thioether (sulfide) groups is 1. The Morgan fingerprint density at radius 3 is 2.58 bits per heavy atom. The number of carbonyl (C=O) groups excluding carboxylic acids is 2. The van der Waals surface area contributed by atoms with Gasteiger partial charge in [-0.1, -0.05) is 43.5 Å². The van der Waals surface area contributed by atoms with Gasteiger partial charge >= 0.3 is 0 Å². The fourth-order valence-corrected chi connectivity index (χ4v) is 4.53. The number of carbonyl (C=O) groups is 2. The van der Waals surface area contributed by atoms with Gasteiger partial charge in [-0.2, -0.15) is 11.8 Å². The Labute approximate surface area is 169 Å². The zero-order valence-corrected chi connectivity index (χ0v) is 17.7. The van der Waals surface area contributed by atoms with Gasteiger partial charge in [0.15, 0.2) is 0 Å². The van der Waals surface area contributed by atoms with Gasteiger partial charge in [-0.3, -0.25) is 9.59 Å². The molecule has 3 atom stereocenters. The summed E-state index contributed by atoms with van der Waals surface area (Å²) in [6.45, 7) is 3.83. The van der Waals surface area contributed by atoms with Crippen molar-refractivity contribution >= 4 is 46.8 Å². The molecule has 1 aliphatic carbocycles. The van der Waals surface area contributed by atoms with Crippen LogP contribution < -0.4 is 10.6 Å². The van der Waals surface area contributed by atoms with E-state index >= 15 is 0 Å². The van der Waals surface area contributed by atoms with Crippen LogP contribution in [0.1, 0.15) is 49.9 Å². The van der Waals surface area contributed by atoms with Crippen LogP contribution in [0.3, 0.4) is 0 Å². The van der Waals surface area contributed by atoms with Crippen molar-refractivity contribution in [3.05, 3.63) is 33.8 Å². The molecule has 144 valence electrons. The number of halogens is 2. The summed E-state index contributed by atoms with van der Waals surface area (Å²) in [4.78, 5) is 25.3. The predicted molar refractivity (Wildman–Crippen MR) is 110 cm³/mol. The van der Waals surface area contributed by atoms with Crippen molar-refractivity contribution in [2.45, 2.75) is 56.9 Å². The molecule has 2 amide bonds. The standard InChI is InChI=1S/C19H26Cl2N2O2S/c1-11(2)17(19(25)22-13-5-4-6-14(10-13)26-3)23-18(24)15-8-7-12(20)9-16(15)21/h7-9,11,13-14,17H,4-6,10H2,1-3H3,(H,22,25)(H,23,24). The number of rotatable bonds is 6. The van der Waals surface area contributed by atoms with E-state index in [0.717, 1.165) is 19.3 Å². The van der Waals surface area contributed by atoms with Crippen LogP contribution in [0.2, 0.25) is 10.0 Å². The lowest BCUT2D eigenvalue weighted by Gasteiger charge is -2.31. The first-order valence-corrected chi connectivity index (χ1v) is 10.9. The topological polar surface area (TPSA) is 58.2 Å². The van der Waals surface area contributed by atoms with Crippen molar-refractivity contribution in [1.29, 1.82) is 0 Å². The Hall–Kier alpha value is -0.910. The van der Waals surface area contributed by atoms with Gasteiger partial charge in [0, 0.05) is 16.3 Å². The van der Waals surface area contributed by atoms with E-state index in [1.165, 1.54) is 12.5 Å². The van der Waals surface area contributed by atoms with Gasteiger partial charge in [-0.25, -0.2) is 0 Å². The molecule has 3 unspecified atom stereocenters. The molecule has 1 saturated carbocycles. The van der Waals surface area contributed by atoms with E-state index in [4.69, 9.17) is 23.2 Å². The first-order valence-electron chi connectivity index (χ1n) is 8.91. The van der Waals surface area contributed by atoms with Crippen LogP contribution in [-0.2, 0) is 4.79 Å². The molecule has 0 radical (unpaired) electrons. The minimum Gasteiger partial charge on any atom is -0.352 e. The maximum atomic E-state index is 12.8. The average Bonchev–Trinajstić information content (AvgIpc) is 2.59. The molecule has 1 aromatic carbocycles. The zero-order valence-electron chi connectivity index (χ0n) is 15.4. The summed E-state index contributed by atoms with van der Waals surface area (Å²) >= 11 is 13.8. The molecule has 2 rings (SSSR count). The second kappa shape index (κ2) is 9.86. The first-order chi connectivity index (χ1) is 12.3. The molecule has 0 spiro atoms. The highest BCUT2D eigenvalue weighted by molar-refractivity contribution is 7.99. The van der Waals surface area contributed by atoms with Gasteiger partial charge in [0.05, 0.1) is 10.6 Å². The maximum absolute atomic E-state index is 12.8. The summed E-state index contributed by atoms with van der Waals surface area (Å²) in [6.07, 6.45) is 6.41. The van der Waals surface area contributed by atoms with Crippen molar-refractivity contribution in [3.63, 3.8) is 0 Å². The second-order valence-electron chi connectivity index (χ2n) is 7.05. The van der Waals surface area contributed by atoms with Crippen molar-refractivity contribution in [2.75, 3.05) is 6.26 Å². The molecule has 2 N–H and O–H groups in total. The van der Waals surface area contributed by atoms with Gasteiger partial charge in [-0.05, 0) is 49.6 Å². The molecule has 0 saturated heterocycles. The third-order valence-corrected chi connectivity index (χ3v) is 6.36. The molecule has 1 fully saturated rings. The third kappa shape index (κ3) is 5.80. The number of amides is 2. The third-order valence-electron chi connectivity index (χ3n) is 4.72. The lowest BCUT2D eigenvalue weighted by Crippen LogP contribution is -2.53. The molecule has 0 aromatic heterocycles. The smallest absolute Gasteiger partial charge is 0.253 e. The molecule has 26 heavy (non-hydrogen) atoms.